The number of aliphatic hydroxyl groups is 1. The van der Waals surface area contributed by atoms with Gasteiger partial charge in [-0.2, -0.15) is 0 Å². The molecule has 30 N–H and O–H groups in total. The zero-order valence-electron chi connectivity index (χ0n) is 70.7. The van der Waals surface area contributed by atoms with Gasteiger partial charge < -0.3 is 119 Å². The second kappa shape index (κ2) is 51.7. The van der Waals surface area contributed by atoms with Crippen LogP contribution in [0.25, 0.3) is 10.9 Å². The van der Waals surface area contributed by atoms with E-state index in [1.165, 1.54) is 0 Å². The number of carbonyl (C=O) groups excluding carboxylic acids is 13. The Morgan fingerprint density at radius 1 is 0.385 bits per heavy atom. The van der Waals surface area contributed by atoms with Gasteiger partial charge in [0.15, 0.2) is 17.9 Å². The molecule has 0 unspecified atom stereocenters. The number of hydrogen-bond acceptors (Lipinski definition) is 18. The van der Waals surface area contributed by atoms with E-state index >= 15 is 4.79 Å². The second-order valence-electron chi connectivity index (χ2n) is 31.5. The number of rotatable bonds is 53. The summed E-state index contributed by atoms with van der Waals surface area (Å²) in [6.07, 6.45) is 1.78. The fourth-order valence-corrected chi connectivity index (χ4v) is 13.3. The fraction of sp³-hybridized carbons (Fsp3) is 0.500. The van der Waals surface area contributed by atoms with Crippen molar-refractivity contribution in [1.29, 1.82) is 16.2 Å². The summed E-state index contributed by atoms with van der Waals surface area (Å²) in [5, 5.41) is 74.8. The number of carbonyl (C=O) groups is 13. The SMILES string of the molecule is CC[C@H](C)[C@H](NC(=O)[C@H](CCCNC(=N)N)NC(=O)CNC(=O)[C@H](CC(C)C)NC(=O)[C@H](Cc1ccccc1)NC(=O)[C@H](CCCNC(=N)N)NC(=O)[C@H](CO)NC(=O)[C@H](Cc1ccccc1)NC(=O)[C@H](Cc1c[nH]c2ccccc12)NC(=O)[C@H](CCCNC(=N)N)NC(=O)[C@@H](NC(=O)[C@@H](N)Cc1ccccc1)C(C)C)C(=O)N[C@@H](CC(C)C)C(N)=O. The Kier molecular flexibility index (Phi) is 42.3. The molecule has 0 saturated heterocycles. The molecule has 0 bridgehead atoms. The number of nitrogens with two attached hydrogens (primary N) is 5. The monoisotopic (exact) mass is 1690 g/mol. The molecule has 38 heteroatoms. The van der Waals surface area contributed by atoms with Crippen molar-refractivity contribution < 1.29 is 67.4 Å². The van der Waals surface area contributed by atoms with Crippen molar-refractivity contribution in [2.75, 3.05) is 32.8 Å². The average Bonchev–Trinajstić information content (AvgIpc) is 1.63. The molecule has 1 heterocycles. The molecule has 5 aromatic rings. The van der Waals surface area contributed by atoms with Crippen molar-refractivity contribution in [2.45, 2.75) is 211 Å². The predicted molar refractivity (Wildman–Crippen MR) is 462 cm³/mol. The van der Waals surface area contributed by atoms with Gasteiger partial charge in [-0.3, -0.25) is 78.6 Å². The third kappa shape index (κ3) is 35.3. The first-order valence-electron chi connectivity index (χ1n) is 41.1. The van der Waals surface area contributed by atoms with E-state index in [9.17, 15) is 62.6 Å². The van der Waals surface area contributed by atoms with E-state index in [2.05, 4.69) is 84.7 Å². The standard InChI is InChI=1S/C84H126N24O14/c1-9-50(8)69(81(122)101-61(70(86)111)38-47(2)3)108-75(116)58(32-21-35-93-82(87)88)98-67(110)45-97-72(113)62(39-48(4)5)102-76(117)63(41-52-26-15-11-16-27-52)103-73(114)59(33-22-36-94-83(89)90)99-79(120)66(46-109)106-77(118)64(42-53-28-17-12-18-29-53)104-78(119)65(43-54-44-96-57-31-20-19-30-55(54)57)105-74(115)60(34-23-37-95-84(91)92)100-80(121)68(49(6)7)107-71(112)56(85)40-51-24-13-10-14-25-51/h10-20,24-31,44,47-50,56,58-66,68-69,96,109H,9,21-23,32-43,45-46,85H2,1-8H3,(H2,86,111)(H,97,113)(H,98,110)(H,99,120)(H,100,121)(H,101,122)(H,102,117)(H,103,114)(H,104,119)(H,105,115)(H,106,118)(H,107,112)(H,108,116)(H4,87,88,93)(H4,89,90,94)(H4,91,92,95)/t50-,56-,58-,59-,60-,61-,62-,63-,64-,65-,66-,68-,69-/m0/s1. The number of para-hydroxylation sites is 1. The Morgan fingerprint density at radius 2 is 0.746 bits per heavy atom. The highest BCUT2D eigenvalue weighted by Gasteiger charge is 2.38. The number of benzene rings is 4. The molecular formula is C84H126N24O14. The Labute approximate surface area is 711 Å². The van der Waals surface area contributed by atoms with Crippen LogP contribution in [-0.4, -0.2) is 210 Å². The predicted octanol–water partition coefficient (Wildman–Crippen LogP) is -1.72. The van der Waals surface area contributed by atoms with Gasteiger partial charge >= 0.3 is 0 Å². The molecule has 4 aromatic carbocycles. The molecule has 13 atom stereocenters. The zero-order valence-corrected chi connectivity index (χ0v) is 70.7. The Morgan fingerprint density at radius 3 is 1.19 bits per heavy atom. The van der Waals surface area contributed by atoms with Gasteiger partial charge in [0.05, 0.1) is 19.2 Å². The van der Waals surface area contributed by atoms with Crippen molar-refractivity contribution in [3.05, 3.63) is 144 Å². The van der Waals surface area contributed by atoms with Crippen LogP contribution in [0, 0.1) is 39.9 Å². The molecule has 0 radical (unpaired) electrons. The number of primary amides is 1. The molecule has 122 heavy (non-hydrogen) atoms. The summed E-state index contributed by atoms with van der Waals surface area (Å²) in [4.78, 5) is 189. The third-order valence-electron chi connectivity index (χ3n) is 20.1. The molecule has 1 aromatic heterocycles. The van der Waals surface area contributed by atoms with E-state index in [0.29, 0.717) is 34.0 Å². The summed E-state index contributed by atoms with van der Waals surface area (Å²) in [5.41, 5.74) is 31.7. The highest BCUT2D eigenvalue weighted by atomic mass is 16.3. The summed E-state index contributed by atoms with van der Waals surface area (Å²) in [7, 11) is 0. The van der Waals surface area contributed by atoms with Crippen LogP contribution in [-0.2, 0) is 88.0 Å². The lowest BCUT2D eigenvalue weighted by Crippen LogP contribution is -2.61. The number of nitrogens with one attached hydrogen (secondary N) is 19. The highest BCUT2D eigenvalue weighted by molar-refractivity contribution is 6.00. The van der Waals surface area contributed by atoms with E-state index in [4.69, 9.17) is 44.9 Å². The van der Waals surface area contributed by atoms with Gasteiger partial charge in [-0.25, -0.2) is 0 Å². The number of amides is 13. The molecule has 0 aliphatic heterocycles. The Balaban J connectivity index is 1.42. The summed E-state index contributed by atoms with van der Waals surface area (Å²) in [6, 6.07) is 16.4. The lowest BCUT2D eigenvalue weighted by atomic mass is 9.96. The summed E-state index contributed by atoms with van der Waals surface area (Å²) in [6.45, 7) is 12.5. The first-order chi connectivity index (χ1) is 58.0. The minimum absolute atomic E-state index is 0.00403. The van der Waals surface area contributed by atoms with Gasteiger partial charge in [0.25, 0.3) is 0 Å². The van der Waals surface area contributed by atoms with Gasteiger partial charge in [0.1, 0.15) is 66.5 Å². The third-order valence-corrected chi connectivity index (χ3v) is 20.1. The number of aromatic amines is 1. The summed E-state index contributed by atoms with van der Waals surface area (Å²) < 4.78 is 0. The molecule has 0 spiro atoms. The van der Waals surface area contributed by atoms with Crippen LogP contribution in [0.2, 0.25) is 0 Å². The number of aliphatic hydroxyl groups excluding tert-OH is 1. The second-order valence-corrected chi connectivity index (χ2v) is 31.5. The van der Waals surface area contributed by atoms with E-state index in [-0.39, 0.29) is 120 Å². The summed E-state index contributed by atoms with van der Waals surface area (Å²) >= 11 is 0. The van der Waals surface area contributed by atoms with Gasteiger partial charge in [-0.05, 0) is 110 Å². The molecule has 38 nitrogen and oxygen atoms in total. The number of H-pyrrole nitrogens is 1. The molecule has 5 rings (SSSR count). The normalized spacial score (nSPS) is 14.4. The number of guanidine groups is 3. The van der Waals surface area contributed by atoms with Gasteiger partial charge in [0, 0.05) is 56.0 Å². The topological polar surface area (TPSA) is 640 Å². The number of aromatic nitrogens is 1. The lowest BCUT2D eigenvalue weighted by Gasteiger charge is -2.29. The molecular weight excluding hydrogens is 1570 g/mol. The van der Waals surface area contributed by atoms with Gasteiger partial charge in [-0.15, -0.1) is 0 Å². The van der Waals surface area contributed by atoms with Crippen LogP contribution >= 0.6 is 0 Å². The quantitative estimate of drug-likeness (QED) is 0.0117. The Bertz CT molecular complexity index is 4310. The molecule has 0 aliphatic carbocycles. The number of fused-ring (bicyclic) bond motifs is 1. The van der Waals surface area contributed by atoms with Crippen molar-refractivity contribution in [1.82, 2.24) is 84.7 Å². The molecule has 666 valence electrons. The van der Waals surface area contributed by atoms with Crippen molar-refractivity contribution in [3.8, 4) is 0 Å². The maximum atomic E-state index is 15.3. The van der Waals surface area contributed by atoms with E-state index in [1.807, 2.05) is 32.0 Å². The van der Waals surface area contributed by atoms with E-state index in [1.54, 1.807) is 145 Å². The van der Waals surface area contributed by atoms with Gasteiger partial charge in [-0.1, -0.05) is 171 Å². The first-order valence-corrected chi connectivity index (χ1v) is 41.1. The van der Waals surface area contributed by atoms with Crippen molar-refractivity contribution >= 4 is 106 Å². The maximum absolute atomic E-state index is 15.3. The fourth-order valence-electron chi connectivity index (χ4n) is 13.3. The van der Waals surface area contributed by atoms with Crippen LogP contribution in [0.5, 0.6) is 0 Å². The van der Waals surface area contributed by atoms with Crippen LogP contribution in [0.4, 0.5) is 0 Å². The molecule has 0 saturated carbocycles. The largest absolute Gasteiger partial charge is 0.394 e. The molecule has 0 aliphatic rings. The zero-order chi connectivity index (χ0) is 90.1. The number of hydrogen-bond donors (Lipinski definition) is 25. The lowest BCUT2D eigenvalue weighted by molar-refractivity contribution is -0.136. The van der Waals surface area contributed by atoms with Crippen LogP contribution in [0.15, 0.2) is 121 Å². The van der Waals surface area contributed by atoms with E-state index < -0.39 is 180 Å². The van der Waals surface area contributed by atoms with Crippen molar-refractivity contribution in [2.24, 2.45) is 52.3 Å². The molecule has 0 fully saturated rings. The minimum atomic E-state index is -1.86. The van der Waals surface area contributed by atoms with Crippen LogP contribution in [0.3, 0.4) is 0 Å². The van der Waals surface area contributed by atoms with Crippen LogP contribution in [0.1, 0.15) is 135 Å². The average molecular weight is 1700 g/mol. The highest BCUT2D eigenvalue weighted by Crippen LogP contribution is 2.21. The van der Waals surface area contributed by atoms with Crippen LogP contribution < -0.4 is 108 Å². The van der Waals surface area contributed by atoms with E-state index in [0.717, 1.165) is 5.56 Å². The maximum Gasteiger partial charge on any atom is 0.245 e. The first kappa shape index (κ1) is 99.8. The Hall–Kier alpha value is -12.7. The molecule has 13 amide bonds. The van der Waals surface area contributed by atoms with Gasteiger partial charge in [0.2, 0.25) is 76.8 Å². The minimum Gasteiger partial charge on any atom is -0.394 e. The smallest absolute Gasteiger partial charge is 0.245 e. The van der Waals surface area contributed by atoms with Crippen molar-refractivity contribution in [3.63, 3.8) is 0 Å². The summed E-state index contributed by atoms with van der Waals surface area (Å²) in [5.74, 6) is -13.5.